The minimum atomic E-state index is -0.491. The molecule has 0 radical (unpaired) electrons. The van der Waals surface area contributed by atoms with Crippen molar-refractivity contribution in [3.63, 3.8) is 0 Å². The van der Waals surface area contributed by atoms with E-state index in [1.54, 1.807) is 18.2 Å². The van der Waals surface area contributed by atoms with E-state index in [4.69, 9.17) is 4.42 Å². The fraction of sp³-hybridized carbons (Fsp3) is 0.375. The molecule has 0 saturated carbocycles. The normalized spacial score (nSPS) is 15.3. The highest BCUT2D eigenvalue weighted by atomic mass is 19.1. The highest BCUT2D eigenvalue weighted by Crippen LogP contribution is 2.23. The number of hydrogen-bond donors (Lipinski definition) is 1. The maximum atomic E-state index is 14.0. The van der Waals surface area contributed by atoms with Crippen molar-refractivity contribution in [1.82, 2.24) is 15.5 Å². The number of aromatic nitrogens is 2. The maximum absolute atomic E-state index is 14.0. The van der Waals surface area contributed by atoms with Crippen LogP contribution in [0.15, 0.2) is 59.0 Å². The molecule has 1 unspecified atom stereocenters. The zero-order valence-corrected chi connectivity index (χ0v) is 17.5. The molecule has 1 aliphatic rings. The number of benzene rings is 2. The molecule has 1 fully saturated rings. The maximum Gasteiger partial charge on any atom is 0.318 e. The summed E-state index contributed by atoms with van der Waals surface area (Å²) in [7, 11) is 0. The Balaban J connectivity index is 1.51. The number of nitrogens with zero attached hydrogens (tertiary/aromatic N) is 3. The lowest BCUT2D eigenvalue weighted by Crippen LogP contribution is -2.31. The highest BCUT2D eigenvalue weighted by molar-refractivity contribution is 5.79. The van der Waals surface area contributed by atoms with Crippen molar-refractivity contribution in [3.8, 4) is 0 Å². The Morgan fingerprint density at radius 1 is 1.00 bits per heavy atom. The summed E-state index contributed by atoms with van der Waals surface area (Å²) in [6, 6.07) is 16.1. The molecule has 1 aliphatic heterocycles. The van der Waals surface area contributed by atoms with Gasteiger partial charge in [-0.25, -0.2) is 4.39 Å². The minimum Gasteiger partial charge on any atom is -0.406 e. The van der Waals surface area contributed by atoms with E-state index in [1.807, 2.05) is 30.3 Å². The van der Waals surface area contributed by atoms with Gasteiger partial charge in [0.1, 0.15) is 11.9 Å². The first-order valence-corrected chi connectivity index (χ1v) is 10.8. The SMILES string of the molecule is O=C(Cc1ccccc1F)NC(Cc1ccccc1)c1nnc(N2CCCCCC2)o1. The molecule has 2 aromatic carbocycles. The van der Waals surface area contributed by atoms with Crippen LogP contribution in [0.2, 0.25) is 0 Å². The third-order valence-corrected chi connectivity index (χ3v) is 5.53. The molecule has 0 aliphatic carbocycles. The smallest absolute Gasteiger partial charge is 0.318 e. The number of nitrogens with one attached hydrogen (secondary N) is 1. The largest absolute Gasteiger partial charge is 0.406 e. The summed E-state index contributed by atoms with van der Waals surface area (Å²) in [5.41, 5.74) is 1.39. The van der Waals surface area contributed by atoms with E-state index in [2.05, 4.69) is 20.4 Å². The highest BCUT2D eigenvalue weighted by Gasteiger charge is 2.24. The van der Waals surface area contributed by atoms with Crippen molar-refractivity contribution in [2.75, 3.05) is 18.0 Å². The standard InChI is InChI=1S/C24H27FN4O2/c25-20-13-7-6-12-19(20)17-22(30)26-21(16-18-10-4-3-5-11-18)23-27-28-24(31-23)29-14-8-1-2-9-15-29/h3-7,10-13,21H,1-2,8-9,14-17H2,(H,26,30). The second-order valence-electron chi connectivity index (χ2n) is 7.90. The van der Waals surface area contributed by atoms with Gasteiger partial charge < -0.3 is 14.6 Å². The van der Waals surface area contributed by atoms with Gasteiger partial charge in [-0.2, -0.15) is 0 Å². The summed E-state index contributed by atoms with van der Waals surface area (Å²) in [5, 5.41) is 11.5. The number of hydrogen-bond acceptors (Lipinski definition) is 5. The van der Waals surface area contributed by atoms with Crippen LogP contribution >= 0.6 is 0 Å². The Morgan fingerprint density at radius 3 is 2.45 bits per heavy atom. The molecule has 6 nitrogen and oxygen atoms in total. The van der Waals surface area contributed by atoms with Crippen LogP contribution in [0.5, 0.6) is 0 Å². The van der Waals surface area contributed by atoms with Crippen LogP contribution < -0.4 is 10.2 Å². The Labute approximate surface area is 181 Å². The molecular formula is C24H27FN4O2. The molecule has 2 heterocycles. The first-order valence-electron chi connectivity index (χ1n) is 10.8. The van der Waals surface area contributed by atoms with E-state index in [1.165, 1.54) is 18.9 Å². The van der Waals surface area contributed by atoms with E-state index in [0.29, 0.717) is 23.9 Å². The third kappa shape index (κ3) is 5.69. The summed E-state index contributed by atoms with van der Waals surface area (Å²) in [5.74, 6) is -0.316. The summed E-state index contributed by atoms with van der Waals surface area (Å²) in [6.45, 7) is 1.79. The average Bonchev–Trinajstić information content (AvgIpc) is 3.11. The lowest BCUT2D eigenvalue weighted by Gasteiger charge is -2.18. The molecule has 7 heteroatoms. The van der Waals surface area contributed by atoms with Crippen molar-refractivity contribution in [1.29, 1.82) is 0 Å². The Morgan fingerprint density at radius 2 is 1.71 bits per heavy atom. The number of rotatable bonds is 7. The van der Waals surface area contributed by atoms with Gasteiger partial charge in [0.15, 0.2) is 0 Å². The summed E-state index contributed by atoms with van der Waals surface area (Å²) < 4.78 is 20.0. The van der Waals surface area contributed by atoms with Gasteiger partial charge in [-0.05, 0) is 30.0 Å². The van der Waals surface area contributed by atoms with E-state index < -0.39 is 11.9 Å². The van der Waals surface area contributed by atoms with Gasteiger partial charge >= 0.3 is 6.01 Å². The fourth-order valence-corrected chi connectivity index (χ4v) is 3.87. The molecule has 0 spiro atoms. The first kappa shape index (κ1) is 21.0. The molecular weight excluding hydrogens is 395 g/mol. The van der Waals surface area contributed by atoms with Crippen molar-refractivity contribution in [3.05, 3.63) is 77.4 Å². The zero-order valence-electron chi connectivity index (χ0n) is 17.5. The van der Waals surface area contributed by atoms with Crippen molar-refractivity contribution >= 4 is 11.9 Å². The van der Waals surface area contributed by atoms with Gasteiger partial charge in [0, 0.05) is 19.5 Å². The van der Waals surface area contributed by atoms with Crippen LogP contribution in [0.4, 0.5) is 10.4 Å². The monoisotopic (exact) mass is 422 g/mol. The molecule has 1 N–H and O–H groups in total. The number of carbonyl (C=O) groups is 1. The summed E-state index contributed by atoms with van der Waals surface area (Å²) >= 11 is 0. The second kappa shape index (κ2) is 10.2. The van der Waals surface area contributed by atoms with Crippen LogP contribution in [0.25, 0.3) is 0 Å². The number of carbonyl (C=O) groups excluding carboxylic acids is 1. The predicted molar refractivity (Wildman–Crippen MR) is 116 cm³/mol. The van der Waals surface area contributed by atoms with Crippen molar-refractivity contribution in [2.45, 2.75) is 44.6 Å². The third-order valence-electron chi connectivity index (χ3n) is 5.53. The quantitative estimate of drug-likeness (QED) is 0.617. The first-order chi connectivity index (χ1) is 15.2. The number of anilines is 1. The van der Waals surface area contributed by atoms with E-state index in [9.17, 15) is 9.18 Å². The molecule has 1 amide bonds. The van der Waals surface area contributed by atoms with Crippen molar-refractivity contribution < 1.29 is 13.6 Å². The molecule has 1 aromatic heterocycles. The van der Waals surface area contributed by atoms with Gasteiger partial charge in [-0.3, -0.25) is 4.79 Å². The number of halogens is 1. The molecule has 0 bridgehead atoms. The molecule has 3 aromatic rings. The predicted octanol–water partition coefficient (Wildman–Crippen LogP) is 4.23. The van der Waals surface area contributed by atoms with Crippen LogP contribution in [0.3, 0.4) is 0 Å². The van der Waals surface area contributed by atoms with Gasteiger partial charge in [-0.1, -0.05) is 66.5 Å². The Bertz CT molecular complexity index is 984. The lowest BCUT2D eigenvalue weighted by molar-refractivity contribution is -0.121. The van der Waals surface area contributed by atoms with E-state index >= 15 is 0 Å². The van der Waals surface area contributed by atoms with Gasteiger partial charge in [0.05, 0.1) is 6.42 Å². The number of amides is 1. The molecule has 31 heavy (non-hydrogen) atoms. The van der Waals surface area contributed by atoms with Gasteiger partial charge in [0.25, 0.3) is 0 Å². The summed E-state index contributed by atoms with van der Waals surface area (Å²) in [6.07, 6.45) is 5.08. The fourth-order valence-electron chi connectivity index (χ4n) is 3.87. The summed E-state index contributed by atoms with van der Waals surface area (Å²) in [4.78, 5) is 14.8. The average molecular weight is 423 g/mol. The van der Waals surface area contributed by atoms with Gasteiger partial charge in [0.2, 0.25) is 11.8 Å². The van der Waals surface area contributed by atoms with Crippen LogP contribution in [0, 0.1) is 5.82 Å². The van der Waals surface area contributed by atoms with Crippen LogP contribution in [0.1, 0.15) is 48.7 Å². The van der Waals surface area contributed by atoms with Gasteiger partial charge in [-0.15, -0.1) is 5.10 Å². The second-order valence-corrected chi connectivity index (χ2v) is 7.90. The molecule has 1 atom stereocenters. The molecule has 162 valence electrons. The topological polar surface area (TPSA) is 71.3 Å². The van der Waals surface area contributed by atoms with Crippen molar-refractivity contribution in [2.24, 2.45) is 0 Å². The minimum absolute atomic E-state index is 0.0505. The Hall–Kier alpha value is -3.22. The van der Waals surface area contributed by atoms with E-state index in [-0.39, 0.29) is 12.3 Å². The van der Waals surface area contributed by atoms with Crippen LogP contribution in [-0.4, -0.2) is 29.2 Å². The molecule has 1 saturated heterocycles. The van der Waals surface area contributed by atoms with Crippen LogP contribution in [-0.2, 0) is 17.6 Å². The Kier molecular flexibility index (Phi) is 6.92. The molecule has 4 rings (SSSR count). The lowest BCUT2D eigenvalue weighted by atomic mass is 10.1. The zero-order chi connectivity index (χ0) is 21.5. The van der Waals surface area contributed by atoms with E-state index in [0.717, 1.165) is 31.5 Å².